The van der Waals surface area contributed by atoms with Crippen LogP contribution in [0.3, 0.4) is 0 Å². The van der Waals surface area contributed by atoms with Crippen LogP contribution >= 0.6 is 11.3 Å². The number of thiazole rings is 1. The van der Waals surface area contributed by atoms with Crippen molar-refractivity contribution in [2.24, 2.45) is 0 Å². The monoisotopic (exact) mass is 386 g/mol. The van der Waals surface area contributed by atoms with Crippen LogP contribution in [0.5, 0.6) is 11.5 Å². The van der Waals surface area contributed by atoms with E-state index in [0.29, 0.717) is 5.13 Å². The molecule has 3 aromatic carbocycles. The van der Waals surface area contributed by atoms with Gasteiger partial charge in [0.15, 0.2) is 5.13 Å². The van der Waals surface area contributed by atoms with Crippen molar-refractivity contribution in [1.29, 1.82) is 0 Å². The Morgan fingerprint density at radius 2 is 1.79 bits per heavy atom. The lowest BCUT2D eigenvalue weighted by Gasteiger charge is -2.04. The standard InChI is InChI=1S/C23H18N2O2S/c1-16-7-9-17(10-8-16)11-14-22(26)25-23-24-20-13-12-19(15-21(20)28-23)27-18-5-3-2-4-6-18/h2-15H,1H3,(H,24,25,26)/b14-11+. The second kappa shape index (κ2) is 8.06. The van der Waals surface area contributed by atoms with Gasteiger partial charge in [-0.25, -0.2) is 4.98 Å². The molecular weight excluding hydrogens is 368 g/mol. The fourth-order valence-electron chi connectivity index (χ4n) is 2.64. The van der Waals surface area contributed by atoms with Gasteiger partial charge in [0.05, 0.1) is 10.2 Å². The maximum Gasteiger partial charge on any atom is 0.250 e. The van der Waals surface area contributed by atoms with Gasteiger partial charge >= 0.3 is 0 Å². The van der Waals surface area contributed by atoms with Crippen molar-refractivity contribution in [1.82, 2.24) is 4.98 Å². The van der Waals surface area contributed by atoms with E-state index in [0.717, 1.165) is 27.3 Å². The normalized spacial score (nSPS) is 11.0. The van der Waals surface area contributed by atoms with E-state index in [9.17, 15) is 4.79 Å². The Balaban J connectivity index is 1.45. The van der Waals surface area contributed by atoms with Crippen molar-refractivity contribution in [3.05, 3.63) is 90.0 Å². The van der Waals surface area contributed by atoms with E-state index in [-0.39, 0.29) is 5.91 Å². The van der Waals surface area contributed by atoms with Crippen LogP contribution < -0.4 is 10.1 Å². The van der Waals surface area contributed by atoms with Crippen LogP contribution in [0.25, 0.3) is 16.3 Å². The van der Waals surface area contributed by atoms with Gasteiger partial charge in [0.2, 0.25) is 5.91 Å². The first-order valence-electron chi connectivity index (χ1n) is 8.85. The molecule has 0 spiro atoms. The number of nitrogens with zero attached hydrogens (tertiary/aromatic N) is 1. The van der Waals surface area contributed by atoms with Crippen molar-refractivity contribution < 1.29 is 9.53 Å². The highest BCUT2D eigenvalue weighted by atomic mass is 32.1. The summed E-state index contributed by atoms with van der Waals surface area (Å²) >= 11 is 1.42. The third-order valence-electron chi connectivity index (χ3n) is 4.07. The second-order valence-electron chi connectivity index (χ2n) is 6.30. The summed E-state index contributed by atoms with van der Waals surface area (Å²) in [6.45, 7) is 2.03. The number of benzene rings is 3. The van der Waals surface area contributed by atoms with Gasteiger partial charge < -0.3 is 4.74 Å². The lowest BCUT2D eigenvalue weighted by molar-refractivity contribution is -0.111. The molecule has 4 rings (SSSR count). The SMILES string of the molecule is Cc1ccc(/C=C/C(=O)Nc2nc3ccc(Oc4ccccc4)cc3s2)cc1. The minimum Gasteiger partial charge on any atom is -0.457 e. The Morgan fingerprint density at radius 1 is 1.00 bits per heavy atom. The van der Waals surface area contributed by atoms with Gasteiger partial charge in [0.1, 0.15) is 11.5 Å². The minimum absolute atomic E-state index is 0.208. The highest BCUT2D eigenvalue weighted by molar-refractivity contribution is 7.22. The molecule has 0 unspecified atom stereocenters. The average Bonchev–Trinajstić information content (AvgIpc) is 3.10. The van der Waals surface area contributed by atoms with Crippen LogP contribution in [0.15, 0.2) is 78.9 Å². The van der Waals surface area contributed by atoms with Gasteiger partial charge in [-0.1, -0.05) is 59.4 Å². The fourth-order valence-corrected chi connectivity index (χ4v) is 3.54. The molecule has 0 aliphatic rings. The first-order chi connectivity index (χ1) is 13.7. The Bertz CT molecular complexity index is 1130. The Morgan fingerprint density at radius 3 is 2.57 bits per heavy atom. The number of rotatable bonds is 5. The van der Waals surface area contributed by atoms with E-state index < -0.39 is 0 Å². The number of carbonyl (C=O) groups excluding carboxylic acids is 1. The van der Waals surface area contributed by atoms with E-state index in [1.807, 2.05) is 79.7 Å². The van der Waals surface area contributed by atoms with E-state index in [1.165, 1.54) is 23.0 Å². The molecule has 5 heteroatoms. The molecule has 138 valence electrons. The molecule has 4 aromatic rings. The highest BCUT2D eigenvalue weighted by Gasteiger charge is 2.08. The smallest absolute Gasteiger partial charge is 0.250 e. The van der Waals surface area contributed by atoms with Gasteiger partial charge in [0, 0.05) is 12.1 Å². The highest BCUT2D eigenvalue weighted by Crippen LogP contribution is 2.31. The summed E-state index contributed by atoms with van der Waals surface area (Å²) < 4.78 is 6.80. The van der Waals surface area contributed by atoms with E-state index in [4.69, 9.17) is 4.74 Å². The Hall–Kier alpha value is -3.44. The summed E-state index contributed by atoms with van der Waals surface area (Å²) in [6, 6.07) is 23.3. The first-order valence-corrected chi connectivity index (χ1v) is 9.67. The van der Waals surface area contributed by atoms with Crippen LogP contribution in [0.2, 0.25) is 0 Å². The number of ether oxygens (including phenoxy) is 1. The van der Waals surface area contributed by atoms with Crippen LogP contribution in [-0.2, 0) is 4.79 Å². The largest absolute Gasteiger partial charge is 0.457 e. The Labute approximate surface area is 167 Å². The number of hydrogen-bond donors (Lipinski definition) is 1. The molecule has 0 fully saturated rings. The lowest BCUT2D eigenvalue weighted by Crippen LogP contribution is -2.07. The second-order valence-corrected chi connectivity index (χ2v) is 7.33. The maximum absolute atomic E-state index is 12.2. The molecule has 0 saturated carbocycles. The molecule has 0 aliphatic carbocycles. The molecule has 0 aliphatic heterocycles. The predicted molar refractivity (Wildman–Crippen MR) is 115 cm³/mol. The number of fused-ring (bicyclic) bond motifs is 1. The molecule has 0 bridgehead atoms. The molecule has 0 atom stereocenters. The molecule has 1 heterocycles. The van der Waals surface area contributed by atoms with Crippen molar-refractivity contribution in [3.8, 4) is 11.5 Å². The molecule has 0 saturated heterocycles. The predicted octanol–water partition coefficient (Wildman–Crippen LogP) is 6.05. The quantitative estimate of drug-likeness (QED) is 0.425. The number of nitrogens with one attached hydrogen (secondary N) is 1. The van der Waals surface area contributed by atoms with Crippen LogP contribution in [-0.4, -0.2) is 10.9 Å². The van der Waals surface area contributed by atoms with Gasteiger partial charge in [0.25, 0.3) is 0 Å². The van der Waals surface area contributed by atoms with Crippen molar-refractivity contribution >= 4 is 38.7 Å². The molecule has 1 amide bonds. The fraction of sp³-hybridized carbons (Fsp3) is 0.0435. The number of aromatic nitrogens is 1. The minimum atomic E-state index is -0.208. The maximum atomic E-state index is 12.2. The summed E-state index contributed by atoms with van der Waals surface area (Å²) in [5.41, 5.74) is 2.99. The summed E-state index contributed by atoms with van der Waals surface area (Å²) in [4.78, 5) is 16.6. The molecule has 1 N–H and O–H groups in total. The van der Waals surface area contributed by atoms with E-state index in [2.05, 4.69) is 10.3 Å². The number of para-hydroxylation sites is 1. The zero-order valence-corrected chi connectivity index (χ0v) is 16.1. The average molecular weight is 386 g/mol. The summed E-state index contributed by atoms with van der Waals surface area (Å²) in [7, 11) is 0. The summed E-state index contributed by atoms with van der Waals surface area (Å²) in [5.74, 6) is 1.31. The summed E-state index contributed by atoms with van der Waals surface area (Å²) in [6.07, 6.45) is 3.30. The molecule has 1 aromatic heterocycles. The van der Waals surface area contributed by atoms with Crippen molar-refractivity contribution in [2.75, 3.05) is 5.32 Å². The lowest BCUT2D eigenvalue weighted by atomic mass is 10.1. The third-order valence-corrected chi connectivity index (χ3v) is 5.01. The molecular formula is C23H18N2O2S. The van der Waals surface area contributed by atoms with Crippen LogP contribution in [0, 0.1) is 6.92 Å². The van der Waals surface area contributed by atoms with Crippen molar-refractivity contribution in [2.45, 2.75) is 6.92 Å². The molecule has 4 nitrogen and oxygen atoms in total. The van der Waals surface area contributed by atoms with Crippen molar-refractivity contribution in [3.63, 3.8) is 0 Å². The number of amides is 1. The molecule has 28 heavy (non-hydrogen) atoms. The van der Waals surface area contributed by atoms with Gasteiger partial charge in [-0.2, -0.15) is 0 Å². The summed E-state index contributed by atoms with van der Waals surface area (Å²) in [5, 5.41) is 3.38. The third kappa shape index (κ3) is 4.45. The van der Waals surface area contributed by atoms with Crippen LogP contribution in [0.1, 0.15) is 11.1 Å². The van der Waals surface area contributed by atoms with E-state index in [1.54, 1.807) is 6.08 Å². The number of anilines is 1. The van der Waals surface area contributed by atoms with Gasteiger partial charge in [-0.05, 0) is 42.8 Å². The van der Waals surface area contributed by atoms with Gasteiger partial charge in [-0.15, -0.1) is 0 Å². The number of hydrogen-bond acceptors (Lipinski definition) is 4. The molecule has 0 radical (unpaired) electrons. The van der Waals surface area contributed by atoms with E-state index >= 15 is 0 Å². The number of carbonyl (C=O) groups is 1. The first kappa shape index (κ1) is 17.9. The number of aryl methyl sites for hydroxylation is 1. The topological polar surface area (TPSA) is 51.2 Å². The zero-order chi connectivity index (χ0) is 19.3. The van der Waals surface area contributed by atoms with Gasteiger partial charge in [-0.3, -0.25) is 10.1 Å². The Kier molecular flexibility index (Phi) is 5.17. The zero-order valence-electron chi connectivity index (χ0n) is 15.3. The van der Waals surface area contributed by atoms with Crippen LogP contribution in [0.4, 0.5) is 5.13 Å².